The molecule has 1 heterocycles. The first-order valence-corrected chi connectivity index (χ1v) is 7.06. The van der Waals surface area contributed by atoms with E-state index in [9.17, 15) is 13.2 Å². The molecule has 0 aromatic heterocycles. The van der Waals surface area contributed by atoms with Crippen LogP contribution in [0, 0.1) is 5.41 Å². The standard InChI is InChI=1S/C11H12ClNO3S/c1-11(2)7-17(15,16)13(10(11)14)9-5-3-8(12)4-6-9/h3-6H,7H2,1-2H3. The third-order valence-electron chi connectivity index (χ3n) is 2.65. The lowest BCUT2D eigenvalue weighted by Crippen LogP contribution is -2.32. The number of carbonyl (C=O) groups is 1. The van der Waals surface area contributed by atoms with Gasteiger partial charge in [0.25, 0.3) is 0 Å². The summed E-state index contributed by atoms with van der Waals surface area (Å²) in [7, 11) is -3.57. The van der Waals surface area contributed by atoms with Crippen LogP contribution in [-0.4, -0.2) is 20.1 Å². The molecule has 0 aliphatic carbocycles. The fourth-order valence-electron chi connectivity index (χ4n) is 1.84. The van der Waals surface area contributed by atoms with Crippen molar-refractivity contribution in [2.75, 3.05) is 10.1 Å². The lowest BCUT2D eigenvalue weighted by atomic mass is 9.95. The normalized spacial score (nSPS) is 21.8. The highest BCUT2D eigenvalue weighted by molar-refractivity contribution is 7.94. The van der Waals surface area contributed by atoms with Crippen molar-refractivity contribution in [2.45, 2.75) is 13.8 Å². The largest absolute Gasteiger partial charge is 0.273 e. The second kappa shape index (κ2) is 3.71. The highest BCUT2D eigenvalue weighted by atomic mass is 35.5. The van der Waals surface area contributed by atoms with Crippen molar-refractivity contribution in [1.29, 1.82) is 0 Å². The zero-order chi connectivity index (χ0) is 12.8. The summed E-state index contributed by atoms with van der Waals surface area (Å²) in [5.74, 6) is -0.568. The van der Waals surface area contributed by atoms with E-state index in [0.717, 1.165) is 4.31 Å². The number of carbonyl (C=O) groups excluding carboxylic acids is 1. The van der Waals surface area contributed by atoms with Crippen LogP contribution in [0.5, 0.6) is 0 Å². The van der Waals surface area contributed by atoms with Crippen molar-refractivity contribution in [3.8, 4) is 0 Å². The van der Waals surface area contributed by atoms with E-state index in [4.69, 9.17) is 11.6 Å². The number of hydrogen-bond donors (Lipinski definition) is 0. The summed E-state index contributed by atoms with van der Waals surface area (Å²) in [6.07, 6.45) is 0. The Hall–Kier alpha value is -1.07. The highest BCUT2D eigenvalue weighted by Crippen LogP contribution is 2.35. The molecule has 1 aromatic rings. The minimum atomic E-state index is -3.57. The predicted molar refractivity (Wildman–Crippen MR) is 66.5 cm³/mol. The molecule has 0 spiro atoms. The van der Waals surface area contributed by atoms with Gasteiger partial charge in [0.1, 0.15) is 0 Å². The second-order valence-corrected chi connectivity index (χ2v) is 6.94. The van der Waals surface area contributed by atoms with Gasteiger partial charge in [-0.3, -0.25) is 4.79 Å². The van der Waals surface area contributed by atoms with E-state index in [1.807, 2.05) is 0 Å². The van der Waals surface area contributed by atoms with Crippen molar-refractivity contribution < 1.29 is 13.2 Å². The number of rotatable bonds is 1. The van der Waals surface area contributed by atoms with E-state index < -0.39 is 21.3 Å². The Bertz CT molecular complexity index is 563. The molecule has 0 radical (unpaired) electrons. The van der Waals surface area contributed by atoms with Crippen LogP contribution in [0.2, 0.25) is 5.02 Å². The predicted octanol–water partition coefficient (Wildman–Crippen LogP) is 2.04. The van der Waals surface area contributed by atoms with Crippen LogP contribution in [0.4, 0.5) is 5.69 Å². The maximum absolute atomic E-state index is 12.0. The molecule has 1 amide bonds. The van der Waals surface area contributed by atoms with Crippen molar-refractivity contribution in [1.82, 2.24) is 0 Å². The summed E-state index contributed by atoms with van der Waals surface area (Å²) in [4.78, 5) is 12.0. The zero-order valence-corrected chi connectivity index (χ0v) is 11.0. The second-order valence-electron chi connectivity index (χ2n) is 4.69. The van der Waals surface area contributed by atoms with Gasteiger partial charge in [-0.25, -0.2) is 12.7 Å². The molecule has 0 atom stereocenters. The molecular formula is C11H12ClNO3S. The Morgan fingerprint density at radius 3 is 2.18 bits per heavy atom. The minimum absolute atomic E-state index is 0.165. The molecule has 1 aromatic carbocycles. The van der Waals surface area contributed by atoms with Gasteiger partial charge in [-0.05, 0) is 38.1 Å². The van der Waals surface area contributed by atoms with Crippen LogP contribution in [0.25, 0.3) is 0 Å². The van der Waals surface area contributed by atoms with Gasteiger partial charge >= 0.3 is 0 Å². The summed E-state index contributed by atoms with van der Waals surface area (Å²) in [6.45, 7) is 3.26. The third-order valence-corrected chi connectivity index (χ3v) is 4.92. The van der Waals surface area contributed by atoms with Gasteiger partial charge < -0.3 is 0 Å². The van der Waals surface area contributed by atoms with Crippen molar-refractivity contribution >= 4 is 33.2 Å². The van der Waals surface area contributed by atoms with E-state index in [2.05, 4.69) is 0 Å². The first-order valence-electron chi connectivity index (χ1n) is 5.07. The van der Waals surface area contributed by atoms with Crippen molar-refractivity contribution in [3.05, 3.63) is 29.3 Å². The Labute approximate surface area is 105 Å². The Morgan fingerprint density at radius 1 is 1.24 bits per heavy atom. The van der Waals surface area contributed by atoms with E-state index in [1.54, 1.807) is 26.0 Å². The molecule has 4 nitrogen and oxygen atoms in total. The summed E-state index contributed by atoms with van der Waals surface area (Å²) in [5, 5.41) is 0.497. The fraction of sp³-hybridized carbons (Fsp3) is 0.364. The lowest BCUT2D eigenvalue weighted by molar-refractivity contribution is -0.123. The molecule has 0 saturated carbocycles. The molecule has 6 heteroatoms. The number of anilines is 1. The Morgan fingerprint density at radius 2 is 1.76 bits per heavy atom. The van der Waals surface area contributed by atoms with Crippen LogP contribution in [-0.2, 0) is 14.8 Å². The Balaban J connectivity index is 2.52. The molecule has 1 aliphatic rings. The summed E-state index contributed by atoms with van der Waals surface area (Å²) in [5.41, 5.74) is -0.539. The number of benzene rings is 1. The van der Waals surface area contributed by atoms with Gasteiger partial charge in [-0.2, -0.15) is 0 Å². The molecule has 1 fully saturated rings. The summed E-state index contributed by atoms with van der Waals surface area (Å²) < 4.78 is 24.8. The number of hydrogen-bond acceptors (Lipinski definition) is 3. The smallest absolute Gasteiger partial charge is 0.247 e. The van der Waals surface area contributed by atoms with E-state index in [1.165, 1.54) is 12.1 Å². The Kier molecular flexibility index (Phi) is 2.71. The highest BCUT2D eigenvalue weighted by Gasteiger charge is 2.49. The topological polar surface area (TPSA) is 54.5 Å². The van der Waals surface area contributed by atoms with Crippen molar-refractivity contribution in [3.63, 3.8) is 0 Å². The van der Waals surface area contributed by atoms with Crippen LogP contribution in [0.3, 0.4) is 0 Å². The molecule has 2 rings (SSSR count). The molecule has 92 valence electrons. The van der Waals surface area contributed by atoms with E-state index >= 15 is 0 Å². The maximum atomic E-state index is 12.0. The SMILES string of the molecule is CC1(C)CS(=O)(=O)N(c2ccc(Cl)cc2)C1=O. The van der Waals surface area contributed by atoms with Gasteiger partial charge in [0.05, 0.1) is 16.9 Å². The van der Waals surface area contributed by atoms with Crippen LogP contribution in [0.1, 0.15) is 13.8 Å². The minimum Gasteiger partial charge on any atom is -0.273 e. The van der Waals surface area contributed by atoms with E-state index in [0.29, 0.717) is 10.7 Å². The molecule has 17 heavy (non-hydrogen) atoms. The monoisotopic (exact) mass is 273 g/mol. The first kappa shape index (κ1) is 12.4. The number of sulfonamides is 1. The zero-order valence-electron chi connectivity index (χ0n) is 9.47. The van der Waals surface area contributed by atoms with Crippen LogP contribution in [0.15, 0.2) is 24.3 Å². The molecule has 1 aliphatic heterocycles. The molecular weight excluding hydrogens is 262 g/mol. The average molecular weight is 274 g/mol. The molecule has 0 N–H and O–H groups in total. The van der Waals surface area contributed by atoms with Gasteiger partial charge in [-0.1, -0.05) is 11.6 Å². The summed E-state index contributed by atoms with van der Waals surface area (Å²) >= 11 is 5.73. The van der Waals surface area contributed by atoms with Crippen molar-refractivity contribution in [2.24, 2.45) is 5.41 Å². The maximum Gasteiger partial charge on any atom is 0.247 e. The number of amides is 1. The number of nitrogens with zero attached hydrogens (tertiary/aromatic N) is 1. The summed E-state index contributed by atoms with van der Waals surface area (Å²) in [6, 6.07) is 6.17. The van der Waals surface area contributed by atoms with Gasteiger partial charge in [0.2, 0.25) is 15.9 Å². The molecule has 1 saturated heterocycles. The van der Waals surface area contributed by atoms with Crippen LogP contribution >= 0.6 is 11.6 Å². The average Bonchev–Trinajstić information content (AvgIpc) is 2.34. The van der Waals surface area contributed by atoms with Gasteiger partial charge in [0, 0.05) is 5.02 Å². The third kappa shape index (κ3) is 2.05. The van der Waals surface area contributed by atoms with Gasteiger partial charge in [-0.15, -0.1) is 0 Å². The van der Waals surface area contributed by atoms with E-state index in [-0.39, 0.29) is 5.75 Å². The first-order chi connectivity index (χ1) is 7.74. The van der Waals surface area contributed by atoms with Crippen LogP contribution < -0.4 is 4.31 Å². The molecule has 0 bridgehead atoms. The van der Waals surface area contributed by atoms with Gasteiger partial charge in [0.15, 0.2) is 0 Å². The quantitative estimate of drug-likeness (QED) is 0.787. The number of halogens is 1. The fourth-order valence-corrected chi connectivity index (χ4v) is 4.07. The molecule has 0 unspecified atom stereocenters. The lowest BCUT2D eigenvalue weighted by Gasteiger charge is -2.17.